The third-order valence-corrected chi connectivity index (χ3v) is 18.8. The van der Waals surface area contributed by atoms with E-state index in [9.17, 15) is 37.1 Å². The quantitative estimate of drug-likeness (QED) is 0.0874. The van der Waals surface area contributed by atoms with Crippen LogP contribution in [0, 0.1) is 23.2 Å². The monoisotopic (exact) mass is 1160 g/mol. The van der Waals surface area contributed by atoms with Gasteiger partial charge >= 0.3 is 6.18 Å². The van der Waals surface area contributed by atoms with Crippen LogP contribution in [0.5, 0.6) is 0 Å². The van der Waals surface area contributed by atoms with Gasteiger partial charge in [0.15, 0.2) is 0 Å². The van der Waals surface area contributed by atoms with Crippen LogP contribution in [0.3, 0.4) is 0 Å². The molecule has 4 fully saturated rings. The van der Waals surface area contributed by atoms with Gasteiger partial charge in [-0.1, -0.05) is 41.9 Å². The van der Waals surface area contributed by atoms with Crippen LogP contribution in [0.1, 0.15) is 162 Å². The largest absolute Gasteiger partial charge is 0.417 e. The molecule has 2 aliphatic heterocycles. The van der Waals surface area contributed by atoms with Crippen molar-refractivity contribution >= 4 is 45.5 Å². The van der Waals surface area contributed by atoms with Crippen molar-refractivity contribution in [3.05, 3.63) is 93.0 Å². The number of carbonyl (C=O) groups is 5. The van der Waals surface area contributed by atoms with E-state index < -0.39 is 23.1 Å². The Morgan fingerprint density at radius 2 is 1.62 bits per heavy atom. The second-order valence-corrected chi connectivity index (χ2v) is 24.4. The first-order valence-electron chi connectivity index (χ1n) is 29.1. The molecule has 3 N–H and O–H groups in total. The van der Waals surface area contributed by atoms with E-state index in [1.165, 1.54) is 11.1 Å². The minimum atomic E-state index is -4.51. The number of aryl methyl sites for hydroxylation is 1. The molecule has 1 aromatic carbocycles. The van der Waals surface area contributed by atoms with Crippen LogP contribution in [-0.2, 0) is 59.0 Å². The molecule has 5 amide bonds. The van der Waals surface area contributed by atoms with Gasteiger partial charge in [0.05, 0.1) is 41.8 Å². The molecule has 6 aliphatic rings. The van der Waals surface area contributed by atoms with Crippen LogP contribution in [-0.4, -0.2) is 125 Å². The van der Waals surface area contributed by atoms with Crippen molar-refractivity contribution in [1.29, 1.82) is 0 Å². The second kappa shape index (κ2) is 26.3. The van der Waals surface area contributed by atoms with Gasteiger partial charge in [-0.2, -0.15) is 13.2 Å². The van der Waals surface area contributed by atoms with Crippen LogP contribution in [0.25, 0.3) is 0 Å². The van der Waals surface area contributed by atoms with Crippen LogP contribution >= 0.6 is 15.9 Å². The van der Waals surface area contributed by atoms with Gasteiger partial charge in [0, 0.05) is 118 Å². The number of rotatable bonds is 21. The summed E-state index contributed by atoms with van der Waals surface area (Å²) in [4.78, 5) is 81.1. The number of nitrogens with one attached hydrogen (secondary N) is 3. The normalized spacial score (nSPS) is 27.0. The van der Waals surface area contributed by atoms with Gasteiger partial charge < -0.3 is 35.2 Å². The summed E-state index contributed by atoms with van der Waals surface area (Å²) in [6.07, 6.45) is 12.9. The first-order chi connectivity index (χ1) is 38.0. The zero-order chi connectivity index (χ0) is 55.8. The molecule has 0 radical (unpaired) electrons. The Kier molecular flexibility index (Phi) is 19.5. The fraction of sp³-hybridized carbons (Fsp3) is 0.650. The highest BCUT2D eigenvalue weighted by molar-refractivity contribution is 9.10. The summed E-state index contributed by atoms with van der Waals surface area (Å²) in [6, 6.07) is 11.4. The highest BCUT2D eigenvalue weighted by Crippen LogP contribution is 2.51. The van der Waals surface area contributed by atoms with Crippen molar-refractivity contribution < 1.29 is 46.6 Å². The topological polar surface area (TPSA) is 175 Å². The number of alkyl halides is 3. The van der Waals surface area contributed by atoms with Gasteiger partial charge in [-0.25, -0.2) is 0 Å². The maximum atomic E-state index is 14.7. The maximum absolute atomic E-state index is 14.7. The van der Waals surface area contributed by atoms with E-state index in [4.69, 9.17) is 9.47 Å². The van der Waals surface area contributed by atoms with E-state index >= 15 is 0 Å². The molecule has 5 atom stereocenters. The summed E-state index contributed by atoms with van der Waals surface area (Å²) in [5, 5.41) is 9.41. The predicted molar refractivity (Wildman–Crippen MR) is 295 cm³/mol. The van der Waals surface area contributed by atoms with Gasteiger partial charge in [-0.3, -0.25) is 38.8 Å². The molecule has 0 unspecified atom stereocenters. The Balaban J connectivity index is 0.660. The minimum Gasteiger partial charge on any atom is -0.378 e. The number of hydrogen-bond donors (Lipinski definition) is 3. The lowest BCUT2D eigenvalue weighted by molar-refractivity contribution is -0.146. The maximum Gasteiger partial charge on any atom is 0.417 e. The molecule has 15 nitrogen and oxygen atoms in total. The number of pyridine rings is 2. The number of ether oxygens (including phenoxy) is 2. The molecule has 0 spiro atoms. The van der Waals surface area contributed by atoms with Crippen molar-refractivity contribution in [2.24, 2.45) is 23.2 Å². The van der Waals surface area contributed by atoms with Gasteiger partial charge in [-0.15, -0.1) is 0 Å². The zero-order valence-electron chi connectivity index (χ0n) is 46.2. The summed E-state index contributed by atoms with van der Waals surface area (Å²) < 4.78 is 54.3. The summed E-state index contributed by atoms with van der Waals surface area (Å²) in [6.45, 7) is 7.33. The predicted octanol–water partition coefficient (Wildman–Crippen LogP) is 8.97. The van der Waals surface area contributed by atoms with E-state index in [1.54, 1.807) is 29.2 Å². The molecule has 1 saturated heterocycles. The minimum absolute atomic E-state index is 0.0111. The lowest BCUT2D eigenvalue weighted by atomic mass is 9.73. The Bertz CT molecular complexity index is 2610. The second-order valence-electron chi connectivity index (χ2n) is 23.5. The molecule has 4 aliphatic carbocycles. The molecule has 19 heteroatoms. The van der Waals surface area contributed by atoms with Crippen molar-refractivity contribution in [2.45, 2.75) is 179 Å². The molecular weight excluding hydrogens is 1080 g/mol. The van der Waals surface area contributed by atoms with E-state index in [1.807, 2.05) is 12.1 Å². The highest BCUT2D eigenvalue weighted by atomic mass is 79.9. The molecular formula is C60H80BrF3N8O7. The highest BCUT2D eigenvalue weighted by Gasteiger charge is 2.52. The summed E-state index contributed by atoms with van der Waals surface area (Å²) >= 11 is 3.66. The summed E-state index contributed by atoms with van der Waals surface area (Å²) in [7, 11) is 1.73. The van der Waals surface area contributed by atoms with Gasteiger partial charge in [0.2, 0.25) is 29.5 Å². The number of benzene rings is 1. The smallest absolute Gasteiger partial charge is 0.378 e. The van der Waals surface area contributed by atoms with Gasteiger partial charge in [0.25, 0.3) is 0 Å². The van der Waals surface area contributed by atoms with E-state index in [-0.39, 0.29) is 90.7 Å². The van der Waals surface area contributed by atoms with Crippen molar-refractivity contribution in [3.8, 4) is 0 Å². The molecule has 9 rings (SSSR count). The SMILES string of the molecule is CC(C)[C@]1(C(=O)N2CCc3ncc(C(F)(F)F)cc3C2)CC[C@@H](N(CCCNC(=O)C2CCC(NC(=O)CCCOC3CCC(OCCNC(=O)[C@H]4CC(=O)N(C)[C@@H]4c4cccnc4)CC3)CC2)[C@@H]2CCc3cc(Br)ccc32)C1. The fourth-order valence-electron chi connectivity index (χ4n) is 13.8. The third-order valence-electron chi connectivity index (χ3n) is 18.3. The molecule has 3 aromatic rings. The number of amides is 5. The molecule has 4 heterocycles. The Labute approximate surface area is 471 Å². The Morgan fingerprint density at radius 3 is 2.34 bits per heavy atom. The Morgan fingerprint density at radius 1 is 0.873 bits per heavy atom. The van der Waals surface area contributed by atoms with Gasteiger partial charge in [0.1, 0.15) is 0 Å². The molecule has 79 heavy (non-hydrogen) atoms. The number of carbonyl (C=O) groups excluding carboxylic acids is 5. The molecule has 0 bridgehead atoms. The molecule has 2 aromatic heterocycles. The number of halogens is 4. The van der Waals surface area contributed by atoms with Crippen LogP contribution < -0.4 is 16.0 Å². The van der Waals surface area contributed by atoms with Gasteiger partial charge in [-0.05, 0) is 149 Å². The molecule has 3 saturated carbocycles. The number of nitrogens with zero attached hydrogens (tertiary/aromatic N) is 5. The van der Waals surface area contributed by atoms with Crippen molar-refractivity contribution in [3.63, 3.8) is 0 Å². The van der Waals surface area contributed by atoms with E-state index in [0.717, 1.165) is 93.1 Å². The van der Waals surface area contributed by atoms with Crippen molar-refractivity contribution in [2.75, 3.05) is 46.4 Å². The van der Waals surface area contributed by atoms with E-state index in [0.29, 0.717) is 89.1 Å². The lowest BCUT2D eigenvalue weighted by Crippen LogP contribution is -2.48. The standard InChI is InChI=1S/C60H80BrF3N8O7/c1-38(2)59(58(77)71-28-22-51-42(37-71)31-43(36-68-51)60(62,63)64)23-21-46(34-59)72(52-20-11-40-32-44(61)12-19-49(40)52)27-6-25-66-56(75)39-9-13-45(14-10-39)69-53(73)8-5-29-78-47-15-17-48(18-16-47)79-30-26-67-57(76)50-33-54(74)70(3)55(50)41-7-4-24-65-35-41/h4,7,12,19,24,31-32,35-36,38-39,45-48,50,52,55H,5-6,8-11,13-18,20-23,25-30,33-34,37H2,1-3H3,(H,66,75)(H,67,76)(H,69,73)/t39?,45?,46-,47?,48?,50+,52-,55-,59+/m1/s1. The fourth-order valence-corrected chi connectivity index (χ4v) is 14.2. The van der Waals surface area contributed by atoms with Crippen LogP contribution in [0.4, 0.5) is 13.2 Å². The average molecular weight is 1160 g/mol. The first-order valence-corrected chi connectivity index (χ1v) is 29.9. The zero-order valence-corrected chi connectivity index (χ0v) is 47.8. The third kappa shape index (κ3) is 14.2. The number of likely N-dealkylation sites (tertiary alicyclic amines) is 1. The molecule has 430 valence electrons. The number of fused-ring (bicyclic) bond motifs is 2. The van der Waals surface area contributed by atoms with Crippen LogP contribution in [0.15, 0.2) is 59.5 Å². The number of hydrogen-bond acceptors (Lipinski definition) is 10. The van der Waals surface area contributed by atoms with Crippen LogP contribution in [0.2, 0.25) is 0 Å². The summed E-state index contributed by atoms with van der Waals surface area (Å²) in [5.74, 6) is -0.670. The van der Waals surface area contributed by atoms with E-state index in [2.05, 4.69) is 78.8 Å². The van der Waals surface area contributed by atoms with Crippen molar-refractivity contribution in [1.82, 2.24) is 40.6 Å². The lowest BCUT2D eigenvalue weighted by Gasteiger charge is -2.41. The Hall–Kier alpha value is -4.98. The average Bonchev–Trinajstić information content (AvgIpc) is 4.25. The first kappa shape index (κ1) is 58.7. The summed E-state index contributed by atoms with van der Waals surface area (Å²) in [5.41, 5.74) is 3.13. The number of aromatic nitrogens is 2.